The fourth-order valence-electron chi connectivity index (χ4n) is 3.12. The third-order valence-corrected chi connectivity index (χ3v) is 6.58. The van der Waals surface area contributed by atoms with Gasteiger partial charge in [0.15, 0.2) is 11.6 Å². The Hall–Kier alpha value is -3.37. The maximum Gasteiger partial charge on any atom is 0.301 e. The highest BCUT2D eigenvalue weighted by atomic mass is 32.2. The van der Waals surface area contributed by atoms with Crippen LogP contribution in [0, 0.1) is 5.82 Å². The molecule has 0 aliphatic rings. The van der Waals surface area contributed by atoms with Crippen LogP contribution in [-0.2, 0) is 10.2 Å². The first-order valence-corrected chi connectivity index (χ1v) is 11.3. The highest BCUT2D eigenvalue weighted by Crippen LogP contribution is 2.27. The van der Waals surface area contributed by atoms with Gasteiger partial charge in [-0.25, -0.2) is 9.37 Å². The average Bonchev–Trinajstić information content (AvgIpc) is 3.20. The fourth-order valence-corrected chi connectivity index (χ4v) is 4.05. The minimum Gasteiger partial charge on any atom is -0.345 e. The molecular weight excluding hydrogens is 433 g/mol. The van der Waals surface area contributed by atoms with Gasteiger partial charge in [-0.1, -0.05) is 19.1 Å². The molecule has 0 aliphatic carbocycles. The summed E-state index contributed by atoms with van der Waals surface area (Å²) in [5.74, 6) is -1.54. The van der Waals surface area contributed by atoms with Crippen molar-refractivity contribution in [2.75, 3.05) is 25.4 Å². The first-order chi connectivity index (χ1) is 15.2. The van der Waals surface area contributed by atoms with E-state index in [1.54, 1.807) is 32.4 Å². The SMILES string of the molecule is CC=C(C=NC)c1cnc2[nH]cc(C(=O)c3cccc(NS(=O)(=O)N(C)CC)c3F)c2c1. The second-order valence-corrected chi connectivity index (χ2v) is 8.75. The van der Waals surface area contributed by atoms with Crippen molar-refractivity contribution >= 4 is 44.5 Å². The van der Waals surface area contributed by atoms with E-state index in [1.165, 1.54) is 31.4 Å². The number of ketones is 1. The normalized spacial score (nSPS) is 12.8. The molecule has 168 valence electrons. The van der Waals surface area contributed by atoms with Gasteiger partial charge in [0.1, 0.15) is 5.65 Å². The van der Waals surface area contributed by atoms with Gasteiger partial charge >= 0.3 is 10.2 Å². The minimum absolute atomic E-state index is 0.206. The summed E-state index contributed by atoms with van der Waals surface area (Å²) in [6.07, 6.45) is 6.67. The standard InChI is InChI=1S/C22H24FN5O3S/c1-5-14(11-24-3)15-10-17-18(13-26-22(17)25-12-15)21(29)16-8-7-9-19(20(16)23)27-32(30,31)28(4)6-2/h5,7-13,27H,6H2,1-4H3,(H,25,26). The largest absolute Gasteiger partial charge is 0.345 e. The lowest BCUT2D eigenvalue weighted by molar-refractivity contribution is 0.103. The molecular formula is C22H24FN5O3S. The van der Waals surface area contributed by atoms with Gasteiger partial charge in [0.25, 0.3) is 0 Å². The molecule has 0 spiro atoms. The molecule has 0 aliphatic heterocycles. The van der Waals surface area contributed by atoms with E-state index in [0.29, 0.717) is 11.0 Å². The van der Waals surface area contributed by atoms with Gasteiger partial charge in [-0.3, -0.25) is 14.5 Å². The third-order valence-electron chi connectivity index (χ3n) is 5.03. The molecule has 3 aromatic rings. The molecule has 0 bridgehead atoms. The zero-order valence-electron chi connectivity index (χ0n) is 18.2. The van der Waals surface area contributed by atoms with Crippen LogP contribution in [0.1, 0.15) is 35.3 Å². The number of benzene rings is 1. The first kappa shape index (κ1) is 23.3. The van der Waals surface area contributed by atoms with Gasteiger partial charge in [0, 0.05) is 55.8 Å². The summed E-state index contributed by atoms with van der Waals surface area (Å²) >= 11 is 0. The highest BCUT2D eigenvalue weighted by Gasteiger charge is 2.23. The van der Waals surface area contributed by atoms with Gasteiger partial charge in [0.2, 0.25) is 0 Å². The topological polar surface area (TPSA) is 108 Å². The number of rotatable bonds is 8. The van der Waals surface area contributed by atoms with Crippen LogP contribution in [0.3, 0.4) is 0 Å². The predicted octanol–water partition coefficient (Wildman–Crippen LogP) is 3.65. The van der Waals surface area contributed by atoms with Crippen molar-refractivity contribution in [3.63, 3.8) is 0 Å². The average molecular weight is 458 g/mol. The monoisotopic (exact) mass is 457 g/mol. The Labute approximate surface area is 186 Å². The number of hydrogen-bond acceptors (Lipinski definition) is 5. The van der Waals surface area contributed by atoms with Gasteiger partial charge in [-0.05, 0) is 30.7 Å². The number of nitrogens with zero attached hydrogens (tertiary/aromatic N) is 3. The van der Waals surface area contributed by atoms with E-state index in [2.05, 4.69) is 19.7 Å². The number of fused-ring (bicyclic) bond motifs is 1. The molecule has 2 heterocycles. The summed E-state index contributed by atoms with van der Waals surface area (Å²) in [6, 6.07) is 5.79. The van der Waals surface area contributed by atoms with E-state index in [9.17, 15) is 13.2 Å². The molecule has 2 aromatic heterocycles. The summed E-state index contributed by atoms with van der Waals surface area (Å²) in [5, 5.41) is 0.521. The van der Waals surface area contributed by atoms with E-state index >= 15 is 4.39 Å². The molecule has 32 heavy (non-hydrogen) atoms. The number of allylic oxidation sites excluding steroid dienone is 2. The summed E-state index contributed by atoms with van der Waals surface area (Å²) in [4.78, 5) is 24.5. The Morgan fingerprint density at radius 3 is 2.75 bits per heavy atom. The van der Waals surface area contributed by atoms with Gasteiger partial charge in [-0.15, -0.1) is 0 Å². The van der Waals surface area contributed by atoms with Crippen molar-refractivity contribution in [3.05, 3.63) is 65.2 Å². The number of carbonyl (C=O) groups excluding carboxylic acids is 1. The van der Waals surface area contributed by atoms with Crippen LogP contribution in [-0.4, -0.2) is 55.3 Å². The Morgan fingerprint density at radius 2 is 2.09 bits per heavy atom. The van der Waals surface area contributed by atoms with E-state index in [4.69, 9.17) is 0 Å². The highest BCUT2D eigenvalue weighted by molar-refractivity contribution is 7.90. The molecule has 0 atom stereocenters. The fraction of sp³-hybridized carbons (Fsp3) is 0.227. The number of H-pyrrole nitrogens is 1. The van der Waals surface area contributed by atoms with Crippen LogP contribution < -0.4 is 4.72 Å². The van der Waals surface area contributed by atoms with E-state index in [-0.39, 0.29) is 23.4 Å². The van der Waals surface area contributed by atoms with E-state index in [0.717, 1.165) is 15.4 Å². The maximum absolute atomic E-state index is 15.2. The molecule has 0 unspecified atom stereocenters. The molecule has 0 saturated carbocycles. The number of aromatic nitrogens is 2. The van der Waals surface area contributed by atoms with Gasteiger partial charge in [0.05, 0.1) is 11.3 Å². The van der Waals surface area contributed by atoms with Crippen molar-refractivity contribution < 1.29 is 17.6 Å². The van der Waals surface area contributed by atoms with Crippen LogP contribution in [0.15, 0.2) is 47.7 Å². The van der Waals surface area contributed by atoms with Crippen LogP contribution in [0.4, 0.5) is 10.1 Å². The zero-order valence-corrected chi connectivity index (χ0v) is 19.0. The van der Waals surface area contributed by atoms with Crippen molar-refractivity contribution in [3.8, 4) is 0 Å². The maximum atomic E-state index is 15.2. The van der Waals surface area contributed by atoms with E-state index in [1.807, 2.05) is 13.0 Å². The van der Waals surface area contributed by atoms with Crippen LogP contribution in [0.5, 0.6) is 0 Å². The molecule has 8 nitrogen and oxygen atoms in total. The number of anilines is 1. The van der Waals surface area contributed by atoms with E-state index < -0.39 is 21.8 Å². The number of aliphatic imine (C=N–C) groups is 1. The molecule has 3 rings (SSSR count). The second-order valence-electron chi connectivity index (χ2n) is 6.97. The Morgan fingerprint density at radius 1 is 1.34 bits per heavy atom. The van der Waals surface area contributed by atoms with Crippen LogP contribution in [0.25, 0.3) is 16.6 Å². The Balaban J connectivity index is 2.05. The van der Waals surface area contributed by atoms with Crippen LogP contribution >= 0.6 is 0 Å². The summed E-state index contributed by atoms with van der Waals surface area (Å²) in [7, 11) is -0.918. The summed E-state index contributed by atoms with van der Waals surface area (Å²) in [5.41, 5.74) is 1.72. The molecule has 10 heteroatoms. The summed E-state index contributed by atoms with van der Waals surface area (Å²) < 4.78 is 42.9. The third kappa shape index (κ3) is 4.46. The molecule has 0 fully saturated rings. The lowest BCUT2D eigenvalue weighted by atomic mass is 10.0. The quantitative estimate of drug-likeness (QED) is 0.398. The Kier molecular flexibility index (Phi) is 6.85. The number of hydrogen-bond donors (Lipinski definition) is 2. The van der Waals surface area contributed by atoms with Crippen molar-refractivity contribution in [1.82, 2.24) is 14.3 Å². The van der Waals surface area contributed by atoms with Crippen LogP contribution in [0.2, 0.25) is 0 Å². The number of pyridine rings is 1. The predicted molar refractivity (Wildman–Crippen MR) is 125 cm³/mol. The summed E-state index contributed by atoms with van der Waals surface area (Å²) in [6.45, 7) is 3.72. The molecule has 0 saturated heterocycles. The van der Waals surface area contributed by atoms with Crippen molar-refractivity contribution in [2.24, 2.45) is 4.99 Å². The first-order valence-electron chi connectivity index (χ1n) is 9.86. The molecule has 2 N–H and O–H groups in total. The number of halogens is 1. The lowest BCUT2D eigenvalue weighted by Gasteiger charge is -2.17. The molecule has 1 aromatic carbocycles. The zero-order chi connectivity index (χ0) is 23.5. The molecule has 0 amide bonds. The molecule has 0 radical (unpaired) electrons. The second kappa shape index (κ2) is 9.41. The van der Waals surface area contributed by atoms with Gasteiger partial charge in [-0.2, -0.15) is 12.7 Å². The van der Waals surface area contributed by atoms with Crippen molar-refractivity contribution in [1.29, 1.82) is 0 Å². The van der Waals surface area contributed by atoms with Crippen molar-refractivity contribution in [2.45, 2.75) is 13.8 Å². The smallest absolute Gasteiger partial charge is 0.301 e. The van der Waals surface area contributed by atoms with Gasteiger partial charge < -0.3 is 4.98 Å². The number of nitrogens with one attached hydrogen (secondary N) is 2. The lowest BCUT2D eigenvalue weighted by Crippen LogP contribution is -2.32. The number of aromatic amines is 1. The Bertz CT molecular complexity index is 1330. The number of carbonyl (C=O) groups is 1. The minimum atomic E-state index is -3.94.